The molecule has 0 fully saturated rings. The SMILES string of the molecule is CC(C)CNCC(F)(F)c1ccc(Cl)cc1Cl. The van der Waals surface area contributed by atoms with Gasteiger partial charge in [-0.05, 0) is 24.6 Å². The average molecular weight is 282 g/mol. The molecule has 17 heavy (non-hydrogen) atoms. The molecule has 0 saturated heterocycles. The van der Waals surface area contributed by atoms with Gasteiger partial charge in [0.05, 0.1) is 11.6 Å². The van der Waals surface area contributed by atoms with Crippen LogP contribution in [0.3, 0.4) is 0 Å². The first-order valence-electron chi connectivity index (χ1n) is 5.37. The van der Waals surface area contributed by atoms with Gasteiger partial charge in [0, 0.05) is 10.6 Å². The quantitative estimate of drug-likeness (QED) is 0.847. The van der Waals surface area contributed by atoms with E-state index in [1.165, 1.54) is 18.2 Å². The van der Waals surface area contributed by atoms with E-state index in [0.29, 0.717) is 17.5 Å². The summed E-state index contributed by atoms with van der Waals surface area (Å²) < 4.78 is 27.6. The number of alkyl halides is 2. The summed E-state index contributed by atoms with van der Waals surface area (Å²) in [6.07, 6.45) is 0. The summed E-state index contributed by atoms with van der Waals surface area (Å²) in [4.78, 5) is 0. The molecule has 0 saturated carbocycles. The highest BCUT2D eigenvalue weighted by atomic mass is 35.5. The van der Waals surface area contributed by atoms with Crippen LogP contribution >= 0.6 is 23.2 Å². The highest BCUT2D eigenvalue weighted by Gasteiger charge is 2.33. The van der Waals surface area contributed by atoms with Gasteiger partial charge in [0.25, 0.3) is 5.92 Å². The third kappa shape index (κ3) is 4.41. The fourth-order valence-electron chi connectivity index (χ4n) is 1.40. The lowest BCUT2D eigenvalue weighted by atomic mass is 10.1. The van der Waals surface area contributed by atoms with Gasteiger partial charge in [-0.3, -0.25) is 0 Å². The molecule has 0 bridgehead atoms. The fraction of sp³-hybridized carbons (Fsp3) is 0.500. The van der Waals surface area contributed by atoms with Crippen LogP contribution in [-0.4, -0.2) is 13.1 Å². The number of hydrogen-bond donors (Lipinski definition) is 1. The number of rotatable bonds is 5. The molecule has 0 amide bonds. The van der Waals surface area contributed by atoms with Crippen LogP contribution in [0.15, 0.2) is 18.2 Å². The Morgan fingerprint density at radius 2 is 1.94 bits per heavy atom. The lowest BCUT2D eigenvalue weighted by molar-refractivity contribution is -0.00341. The van der Waals surface area contributed by atoms with Crippen molar-refractivity contribution in [2.24, 2.45) is 5.92 Å². The standard InChI is InChI=1S/C12H15Cl2F2N/c1-8(2)6-17-7-12(15,16)10-4-3-9(13)5-11(10)14/h3-5,8,17H,6-7H2,1-2H3. The number of nitrogens with one attached hydrogen (secondary N) is 1. The van der Waals surface area contributed by atoms with Crippen LogP contribution in [0.5, 0.6) is 0 Å². The highest BCUT2D eigenvalue weighted by molar-refractivity contribution is 6.35. The van der Waals surface area contributed by atoms with E-state index in [9.17, 15) is 8.78 Å². The van der Waals surface area contributed by atoms with Crippen molar-refractivity contribution in [1.29, 1.82) is 0 Å². The monoisotopic (exact) mass is 281 g/mol. The Balaban J connectivity index is 2.74. The third-order valence-electron chi connectivity index (χ3n) is 2.22. The lowest BCUT2D eigenvalue weighted by Gasteiger charge is -2.19. The molecule has 1 N–H and O–H groups in total. The second kappa shape index (κ2) is 5.98. The van der Waals surface area contributed by atoms with Crippen LogP contribution in [0.1, 0.15) is 19.4 Å². The molecule has 0 aliphatic carbocycles. The minimum atomic E-state index is -2.99. The van der Waals surface area contributed by atoms with Crippen LogP contribution in [0.4, 0.5) is 8.78 Å². The van der Waals surface area contributed by atoms with E-state index >= 15 is 0 Å². The molecule has 0 aliphatic heterocycles. The van der Waals surface area contributed by atoms with Gasteiger partial charge in [0.1, 0.15) is 0 Å². The molecule has 0 heterocycles. The van der Waals surface area contributed by atoms with E-state index in [2.05, 4.69) is 5.32 Å². The van der Waals surface area contributed by atoms with E-state index in [-0.39, 0.29) is 10.6 Å². The van der Waals surface area contributed by atoms with E-state index < -0.39 is 12.5 Å². The summed E-state index contributed by atoms with van der Waals surface area (Å²) in [5.41, 5.74) is -0.195. The first kappa shape index (κ1) is 14.7. The smallest absolute Gasteiger partial charge is 0.286 e. The van der Waals surface area contributed by atoms with Gasteiger partial charge in [-0.15, -0.1) is 0 Å². The van der Waals surface area contributed by atoms with Crippen molar-refractivity contribution in [3.63, 3.8) is 0 Å². The van der Waals surface area contributed by atoms with Gasteiger partial charge in [0.2, 0.25) is 0 Å². The summed E-state index contributed by atoms with van der Waals surface area (Å²) in [6.45, 7) is 4.04. The summed E-state index contributed by atoms with van der Waals surface area (Å²) in [6, 6.07) is 4.01. The number of benzene rings is 1. The van der Waals surface area contributed by atoms with Crippen LogP contribution < -0.4 is 5.32 Å². The maximum atomic E-state index is 13.8. The highest BCUT2D eigenvalue weighted by Crippen LogP contribution is 2.34. The lowest BCUT2D eigenvalue weighted by Crippen LogP contribution is -2.33. The van der Waals surface area contributed by atoms with Gasteiger partial charge in [-0.25, -0.2) is 0 Å². The predicted molar refractivity (Wildman–Crippen MR) is 68.1 cm³/mol. The summed E-state index contributed by atoms with van der Waals surface area (Å²) in [5, 5.41) is 3.07. The van der Waals surface area contributed by atoms with Crippen molar-refractivity contribution in [1.82, 2.24) is 5.32 Å². The number of halogens is 4. The van der Waals surface area contributed by atoms with Gasteiger partial charge < -0.3 is 5.32 Å². The molecule has 0 aromatic heterocycles. The second-order valence-corrected chi connectivity index (χ2v) is 5.20. The Morgan fingerprint density at radius 1 is 1.29 bits per heavy atom. The minimum Gasteiger partial charge on any atom is -0.311 e. The van der Waals surface area contributed by atoms with Gasteiger partial charge in [-0.2, -0.15) is 8.78 Å². The topological polar surface area (TPSA) is 12.0 Å². The average Bonchev–Trinajstić information content (AvgIpc) is 2.15. The molecule has 96 valence electrons. The Morgan fingerprint density at radius 3 is 2.47 bits per heavy atom. The predicted octanol–water partition coefficient (Wildman–Crippen LogP) is 4.33. The van der Waals surface area contributed by atoms with Crippen LogP contribution in [0.25, 0.3) is 0 Å². The Kier molecular flexibility index (Phi) is 5.17. The first-order valence-corrected chi connectivity index (χ1v) is 6.12. The Labute approximate surface area is 110 Å². The molecular weight excluding hydrogens is 267 g/mol. The Bertz CT molecular complexity index is 381. The molecule has 0 aliphatic rings. The van der Waals surface area contributed by atoms with E-state index in [4.69, 9.17) is 23.2 Å². The summed E-state index contributed by atoms with van der Waals surface area (Å²) in [5.74, 6) is -2.66. The zero-order chi connectivity index (χ0) is 13.1. The van der Waals surface area contributed by atoms with Gasteiger partial charge in [-0.1, -0.05) is 43.1 Å². The van der Waals surface area contributed by atoms with Crippen molar-refractivity contribution < 1.29 is 8.78 Å². The summed E-state index contributed by atoms with van der Waals surface area (Å²) >= 11 is 11.4. The molecule has 1 aromatic rings. The fourth-order valence-corrected chi connectivity index (χ4v) is 1.95. The zero-order valence-corrected chi connectivity index (χ0v) is 11.2. The van der Waals surface area contributed by atoms with E-state index in [1.807, 2.05) is 13.8 Å². The molecular formula is C12H15Cl2F2N. The molecule has 5 heteroatoms. The maximum Gasteiger partial charge on any atom is 0.286 e. The van der Waals surface area contributed by atoms with E-state index in [1.54, 1.807) is 0 Å². The van der Waals surface area contributed by atoms with Crippen LogP contribution in [0.2, 0.25) is 10.0 Å². The minimum absolute atomic E-state index is 0.00570. The first-order chi connectivity index (χ1) is 7.83. The second-order valence-electron chi connectivity index (χ2n) is 4.35. The summed E-state index contributed by atoms with van der Waals surface area (Å²) in [7, 11) is 0. The largest absolute Gasteiger partial charge is 0.311 e. The molecule has 0 radical (unpaired) electrons. The normalized spacial score (nSPS) is 12.2. The van der Waals surface area contributed by atoms with Crippen molar-refractivity contribution in [2.75, 3.05) is 13.1 Å². The maximum absolute atomic E-state index is 13.8. The van der Waals surface area contributed by atoms with Crippen LogP contribution in [-0.2, 0) is 5.92 Å². The van der Waals surface area contributed by atoms with E-state index in [0.717, 1.165) is 0 Å². The molecule has 0 spiro atoms. The Hall–Kier alpha value is -0.380. The van der Waals surface area contributed by atoms with Crippen molar-refractivity contribution >= 4 is 23.2 Å². The van der Waals surface area contributed by atoms with Crippen molar-refractivity contribution in [3.8, 4) is 0 Å². The van der Waals surface area contributed by atoms with Gasteiger partial charge >= 0.3 is 0 Å². The van der Waals surface area contributed by atoms with Gasteiger partial charge in [0.15, 0.2) is 0 Å². The molecule has 0 atom stereocenters. The molecule has 1 nitrogen and oxygen atoms in total. The molecule has 0 unspecified atom stereocenters. The molecule has 1 rings (SSSR count). The molecule has 1 aromatic carbocycles. The number of hydrogen-bond acceptors (Lipinski definition) is 1. The van der Waals surface area contributed by atoms with Crippen LogP contribution in [0, 0.1) is 5.92 Å². The van der Waals surface area contributed by atoms with Crippen molar-refractivity contribution in [3.05, 3.63) is 33.8 Å². The zero-order valence-electron chi connectivity index (χ0n) is 9.74. The van der Waals surface area contributed by atoms with Crippen molar-refractivity contribution in [2.45, 2.75) is 19.8 Å². The third-order valence-corrected chi connectivity index (χ3v) is 2.77.